The molecule has 1 aromatic heterocycles. The maximum atomic E-state index is 11.8. The summed E-state index contributed by atoms with van der Waals surface area (Å²) < 4.78 is 0.321. The zero-order chi connectivity index (χ0) is 13.1. The number of amides is 1. The van der Waals surface area contributed by atoms with Gasteiger partial charge in [-0.3, -0.25) is 20.2 Å². The van der Waals surface area contributed by atoms with Crippen LogP contribution in [-0.4, -0.2) is 20.8 Å². The van der Waals surface area contributed by atoms with E-state index in [-0.39, 0.29) is 17.2 Å². The third-order valence-electron chi connectivity index (χ3n) is 2.14. The highest BCUT2D eigenvalue weighted by Gasteiger charge is 2.16. The number of hydrogen-bond donors (Lipinski definition) is 2. The molecule has 0 spiro atoms. The number of aromatic nitrogens is 2. The van der Waals surface area contributed by atoms with E-state index < -0.39 is 10.8 Å². The first-order chi connectivity index (χ1) is 8.58. The molecular formula is C10H7BrN4O3. The first-order valence-corrected chi connectivity index (χ1v) is 5.62. The van der Waals surface area contributed by atoms with Crippen LogP contribution in [0.1, 0.15) is 10.4 Å². The van der Waals surface area contributed by atoms with Crippen LogP contribution in [-0.2, 0) is 0 Å². The summed E-state index contributed by atoms with van der Waals surface area (Å²) in [5, 5.41) is 13.2. The number of rotatable bonds is 3. The first kappa shape index (κ1) is 12.2. The molecule has 0 saturated heterocycles. The van der Waals surface area contributed by atoms with Crippen LogP contribution in [0.3, 0.4) is 0 Å². The number of halogens is 1. The Kier molecular flexibility index (Phi) is 3.38. The largest absolute Gasteiger partial charge is 0.331 e. The maximum absolute atomic E-state index is 11.8. The normalized spacial score (nSPS) is 10.1. The number of carbonyl (C=O) groups is 1. The van der Waals surface area contributed by atoms with Crippen LogP contribution >= 0.6 is 15.9 Å². The number of carbonyl (C=O) groups excluding carboxylic acids is 1. The Morgan fingerprint density at radius 2 is 2.28 bits per heavy atom. The molecule has 0 bridgehead atoms. The number of imidazole rings is 1. The molecule has 1 amide bonds. The number of nitro benzene ring substituents is 1. The van der Waals surface area contributed by atoms with Crippen molar-refractivity contribution in [3.05, 3.63) is 50.7 Å². The molecule has 2 rings (SSSR count). The Labute approximate surface area is 110 Å². The first-order valence-electron chi connectivity index (χ1n) is 4.82. The van der Waals surface area contributed by atoms with Crippen LogP contribution in [0.5, 0.6) is 0 Å². The molecule has 8 heteroatoms. The summed E-state index contributed by atoms with van der Waals surface area (Å²) in [5.74, 6) is -0.189. The van der Waals surface area contributed by atoms with Gasteiger partial charge in [0.2, 0.25) is 5.95 Å². The molecule has 0 aliphatic rings. The molecule has 0 radical (unpaired) electrons. The highest BCUT2D eigenvalue weighted by molar-refractivity contribution is 9.10. The number of benzene rings is 1. The van der Waals surface area contributed by atoms with Gasteiger partial charge in [-0.2, -0.15) is 0 Å². The molecule has 0 fully saturated rings. The molecular weight excluding hydrogens is 304 g/mol. The van der Waals surface area contributed by atoms with Crippen molar-refractivity contribution in [2.75, 3.05) is 5.32 Å². The molecule has 0 unspecified atom stereocenters. The van der Waals surface area contributed by atoms with E-state index in [0.717, 1.165) is 0 Å². The number of anilines is 1. The van der Waals surface area contributed by atoms with E-state index in [9.17, 15) is 14.9 Å². The molecule has 2 aromatic rings. The van der Waals surface area contributed by atoms with E-state index in [1.165, 1.54) is 24.4 Å². The van der Waals surface area contributed by atoms with Gasteiger partial charge in [-0.1, -0.05) is 0 Å². The van der Waals surface area contributed by atoms with Gasteiger partial charge < -0.3 is 4.98 Å². The van der Waals surface area contributed by atoms with E-state index in [1.807, 2.05) is 0 Å². The number of hydrogen-bond acceptors (Lipinski definition) is 4. The number of nitrogens with one attached hydrogen (secondary N) is 2. The van der Waals surface area contributed by atoms with Crippen LogP contribution in [0.2, 0.25) is 0 Å². The number of nitro groups is 1. The lowest BCUT2D eigenvalue weighted by Crippen LogP contribution is -2.13. The molecule has 0 aliphatic carbocycles. The molecule has 0 aliphatic heterocycles. The fraction of sp³-hybridized carbons (Fsp3) is 0. The van der Waals surface area contributed by atoms with E-state index in [4.69, 9.17) is 0 Å². The molecule has 7 nitrogen and oxygen atoms in total. The summed E-state index contributed by atoms with van der Waals surface area (Å²) >= 11 is 3.05. The summed E-state index contributed by atoms with van der Waals surface area (Å²) in [7, 11) is 0. The number of H-pyrrole nitrogens is 1. The predicted molar refractivity (Wildman–Crippen MR) is 67.3 cm³/mol. The zero-order valence-electron chi connectivity index (χ0n) is 8.88. The summed E-state index contributed by atoms with van der Waals surface area (Å²) in [5.41, 5.74) is 0.0170. The fourth-order valence-corrected chi connectivity index (χ4v) is 1.70. The van der Waals surface area contributed by atoms with E-state index in [2.05, 4.69) is 31.2 Å². The van der Waals surface area contributed by atoms with Crippen molar-refractivity contribution in [2.24, 2.45) is 0 Å². The lowest BCUT2D eigenvalue weighted by molar-refractivity contribution is -0.385. The van der Waals surface area contributed by atoms with Crippen LogP contribution in [0.25, 0.3) is 0 Å². The zero-order valence-corrected chi connectivity index (χ0v) is 10.5. The Morgan fingerprint density at radius 1 is 1.50 bits per heavy atom. The Hall–Kier alpha value is -2.22. The summed E-state index contributed by atoms with van der Waals surface area (Å²) in [6, 6.07) is 4.13. The second-order valence-electron chi connectivity index (χ2n) is 3.32. The Bertz CT molecular complexity index is 597. The number of aromatic amines is 1. The van der Waals surface area contributed by atoms with Gasteiger partial charge in [-0.15, -0.1) is 0 Å². The van der Waals surface area contributed by atoms with Gasteiger partial charge >= 0.3 is 0 Å². The Balaban J connectivity index is 2.26. The minimum atomic E-state index is -0.562. The van der Waals surface area contributed by atoms with Crippen LogP contribution in [0.4, 0.5) is 11.6 Å². The van der Waals surface area contributed by atoms with Crippen molar-refractivity contribution in [3.63, 3.8) is 0 Å². The van der Waals surface area contributed by atoms with E-state index in [0.29, 0.717) is 4.47 Å². The predicted octanol–water partition coefficient (Wildman–Crippen LogP) is 2.33. The molecule has 1 heterocycles. The van der Waals surface area contributed by atoms with Gasteiger partial charge in [0.05, 0.1) is 9.40 Å². The molecule has 1 aromatic carbocycles. The molecule has 0 atom stereocenters. The smallest absolute Gasteiger partial charge is 0.284 e. The van der Waals surface area contributed by atoms with Crippen molar-refractivity contribution in [3.8, 4) is 0 Å². The van der Waals surface area contributed by atoms with Gasteiger partial charge in [0, 0.05) is 24.0 Å². The molecule has 0 saturated carbocycles. The third-order valence-corrected chi connectivity index (χ3v) is 2.81. The Morgan fingerprint density at radius 3 is 2.89 bits per heavy atom. The van der Waals surface area contributed by atoms with Gasteiger partial charge in [0.25, 0.3) is 11.6 Å². The highest BCUT2D eigenvalue weighted by atomic mass is 79.9. The van der Waals surface area contributed by atoms with Gasteiger partial charge in [0.15, 0.2) is 0 Å². The van der Waals surface area contributed by atoms with E-state index in [1.54, 1.807) is 6.20 Å². The average molecular weight is 311 g/mol. The minimum absolute atomic E-state index is 0.165. The lowest BCUT2D eigenvalue weighted by Gasteiger charge is -2.02. The summed E-state index contributed by atoms with van der Waals surface area (Å²) in [6.45, 7) is 0. The standard InChI is InChI=1S/C10H7BrN4O3/c11-7-2-1-6(5-8(7)15(17)18)9(16)14-10-12-3-4-13-10/h1-5H,(H2,12,13,14,16). The van der Waals surface area contributed by atoms with Gasteiger partial charge in [-0.25, -0.2) is 4.98 Å². The quantitative estimate of drug-likeness (QED) is 0.671. The second kappa shape index (κ2) is 4.96. The van der Waals surface area contributed by atoms with Crippen molar-refractivity contribution < 1.29 is 9.72 Å². The van der Waals surface area contributed by atoms with Crippen LogP contribution in [0, 0.1) is 10.1 Å². The van der Waals surface area contributed by atoms with Crippen molar-refractivity contribution in [1.29, 1.82) is 0 Å². The SMILES string of the molecule is O=C(Nc1ncc[nH]1)c1ccc(Br)c([N+](=O)[O-])c1. The monoisotopic (exact) mass is 310 g/mol. The third kappa shape index (κ3) is 2.54. The summed E-state index contributed by atoms with van der Waals surface area (Å²) in [4.78, 5) is 28.5. The van der Waals surface area contributed by atoms with E-state index >= 15 is 0 Å². The van der Waals surface area contributed by atoms with Crippen molar-refractivity contribution >= 4 is 33.5 Å². The molecule has 2 N–H and O–H groups in total. The lowest BCUT2D eigenvalue weighted by atomic mass is 10.2. The fourth-order valence-electron chi connectivity index (χ4n) is 1.31. The second-order valence-corrected chi connectivity index (χ2v) is 4.17. The molecule has 18 heavy (non-hydrogen) atoms. The van der Waals surface area contributed by atoms with Crippen molar-refractivity contribution in [2.45, 2.75) is 0 Å². The van der Waals surface area contributed by atoms with Crippen LogP contribution in [0.15, 0.2) is 35.1 Å². The van der Waals surface area contributed by atoms with Gasteiger partial charge in [0.1, 0.15) is 0 Å². The van der Waals surface area contributed by atoms with Crippen LogP contribution < -0.4 is 5.32 Å². The topological polar surface area (TPSA) is 101 Å². The van der Waals surface area contributed by atoms with Gasteiger partial charge in [-0.05, 0) is 28.1 Å². The highest BCUT2D eigenvalue weighted by Crippen LogP contribution is 2.25. The van der Waals surface area contributed by atoms with Crippen molar-refractivity contribution in [1.82, 2.24) is 9.97 Å². The summed E-state index contributed by atoms with van der Waals surface area (Å²) in [6.07, 6.45) is 3.04. The maximum Gasteiger partial charge on any atom is 0.284 e. The minimum Gasteiger partial charge on any atom is -0.331 e. The molecule has 92 valence electrons. The average Bonchev–Trinajstić information content (AvgIpc) is 2.81. The number of nitrogens with zero attached hydrogens (tertiary/aromatic N) is 2.